The predicted molar refractivity (Wildman–Crippen MR) is 114 cm³/mol. The number of ketones is 1. The molecule has 0 aromatic heterocycles. The van der Waals surface area contributed by atoms with Gasteiger partial charge in [0.1, 0.15) is 6.54 Å². The van der Waals surface area contributed by atoms with Gasteiger partial charge in [-0.05, 0) is 13.0 Å². The topological polar surface area (TPSA) is 88.0 Å². The Morgan fingerprint density at radius 2 is 1.34 bits per heavy atom. The monoisotopic (exact) mass is 405 g/mol. The minimum Gasteiger partial charge on any atom is -0.309 e. The zero-order valence-electron chi connectivity index (χ0n) is 15.9. The number of nitrogens with zero attached hydrogens (tertiary/aromatic N) is 2. The second-order valence-electron chi connectivity index (χ2n) is 6.34. The highest BCUT2D eigenvalue weighted by Crippen LogP contribution is 2.43. The highest BCUT2D eigenvalue weighted by Gasteiger charge is 2.33. The Hall–Kier alpha value is -3.37. The molecule has 146 valence electrons. The molecule has 29 heavy (non-hydrogen) atoms. The van der Waals surface area contributed by atoms with Crippen molar-refractivity contribution in [1.29, 1.82) is 0 Å². The summed E-state index contributed by atoms with van der Waals surface area (Å²) in [6, 6.07) is 25.0. The first-order valence-electron chi connectivity index (χ1n) is 9.00. The summed E-state index contributed by atoms with van der Waals surface area (Å²) in [6.07, 6.45) is 0. The summed E-state index contributed by atoms with van der Waals surface area (Å²) in [5.41, 5.74) is 2.56. The number of carbonyl (C=O) groups is 2. The summed E-state index contributed by atoms with van der Waals surface area (Å²) in [7, 11) is -3.31. The van der Waals surface area contributed by atoms with Gasteiger partial charge in [-0.15, -0.1) is 0 Å². The van der Waals surface area contributed by atoms with Crippen molar-refractivity contribution in [2.75, 3.05) is 6.54 Å². The smallest absolute Gasteiger partial charge is 0.273 e. The standard InChI is InChI=1S/C22H20N3O3P/c1-17(26)16-23-25-24-22(27)20-14-8-9-15-21(20)29(28,18-10-4-2-5-11-18)19-12-6-3-7-13-19/h2-15H,16H2,1H3,(H,23,24,27). The molecule has 0 saturated heterocycles. The normalized spacial score (nSPS) is 11.3. The van der Waals surface area contributed by atoms with E-state index >= 15 is 0 Å². The molecule has 0 aliphatic carbocycles. The Morgan fingerprint density at radius 3 is 1.90 bits per heavy atom. The van der Waals surface area contributed by atoms with Crippen LogP contribution in [0, 0.1) is 0 Å². The van der Waals surface area contributed by atoms with Crippen molar-refractivity contribution < 1.29 is 14.2 Å². The van der Waals surface area contributed by atoms with Crippen LogP contribution >= 0.6 is 7.14 Å². The van der Waals surface area contributed by atoms with Gasteiger partial charge in [-0.3, -0.25) is 9.59 Å². The number of amides is 1. The van der Waals surface area contributed by atoms with E-state index in [1.165, 1.54) is 6.92 Å². The number of hydrogen-bond donors (Lipinski definition) is 1. The quantitative estimate of drug-likeness (QED) is 0.372. The highest BCUT2D eigenvalue weighted by molar-refractivity contribution is 7.85. The molecule has 0 aliphatic heterocycles. The molecule has 0 spiro atoms. The van der Waals surface area contributed by atoms with Crippen LogP contribution in [0.25, 0.3) is 0 Å². The highest BCUT2D eigenvalue weighted by atomic mass is 31.2. The van der Waals surface area contributed by atoms with Gasteiger partial charge < -0.3 is 4.57 Å². The van der Waals surface area contributed by atoms with Crippen LogP contribution in [0.5, 0.6) is 0 Å². The van der Waals surface area contributed by atoms with Crippen molar-refractivity contribution in [2.45, 2.75) is 6.92 Å². The van der Waals surface area contributed by atoms with E-state index in [2.05, 4.69) is 15.8 Å². The van der Waals surface area contributed by atoms with Crippen molar-refractivity contribution in [3.05, 3.63) is 90.5 Å². The van der Waals surface area contributed by atoms with Crippen LogP contribution in [0.1, 0.15) is 17.3 Å². The van der Waals surface area contributed by atoms with Gasteiger partial charge in [0.05, 0.1) is 5.56 Å². The van der Waals surface area contributed by atoms with Crippen molar-refractivity contribution in [2.24, 2.45) is 10.3 Å². The third-order valence-corrected chi connectivity index (χ3v) is 7.36. The minimum absolute atomic E-state index is 0.117. The van der Waals surface area contributed by atoms with Gasteiger partial charge in [0.25, 0.3) is 5.91 Å². The Kier molecular flexibility index (Phi) is 6.47. The lowest BCUT2D eigenvalue weighted by atomic mass is 10.2. The summed E-state index contributed by atoms with van der Waals surface area (Å²) >= 11 is 0. The van der Waals surface area contributed by atoms with Gasteiger partial charge in [-0.25, -0.2) is 5.43 Å². The first kappa shape index (κ1) is 20.4. The molecule has 3 aromatic rings. The minimum atomic E-state index is -3.31. The maximum absolute atomic E-state index is 14.5. The summed E-state index contributed by atoms with van der Waals surface area (Å²) in [4.78, 5) is 23.7. The Morgan fingerprint density at radius 1 is 0.828 bits per heavy atom. The van der Waals surface area contributed by atoms with E-state index in [0.717, 1.165) is 0 Å². The van der Waals surface area contributed by atoms with Crippen LogP contribution in [0.2, 0.25) is 0 Å². The van der Waals surface area contributed by atoms with E-state index in [9.17, 15) is 14.2 Å². The molecule has 0 fully saturated rings. The fraction of sp³-hybridized carbons (Fsp3) is 0.0909. The second-order valence-corrected chi connectivity index (χ2v) is 9.07. The molecule has 0 unspecified atom stereocenters. The molecule has 3 rings (SSSR count). The van der Waals surface area contributed by atoms with Crippen LogP contribution in [0.4, 0.5) is 0 Å². The molecule has 0 aliphatic rings. The molecule has 1 N–H and O–H groups in total. The molecule has 7 heteroatoms. The zero-order valence-corrected chi connectivity index (χ0v) is 16.8. The Labute approximate surface area is 169 Å². The maximum Gasteiger partial charge on any atom is 0.273 e. The molecule has 0 radical (unpaired) electrons. The SMILES string of the molecule is CC(=O)C/N=N/NC(=O)c1ccccc1P(=O)(c1ccccc1)c1ccccc1. The molecule has 0 bridgehead atoms. The Bertz CT molecular complexity index is 1040. The molecule has 0 heterocycles. The summed E-state index contributed by atoms with van der Waals surface area (Å²) < 4.78 is 14.5. The first-order chi connectivity index (χ1) is 14.0. The number of rotatable bonds is 7. The summed E-state index contributed by atoms with van der Waals surface area (Å²) in [6.45, 7) is 1.26. The van der Waals surface area contributed by atoms with Crippen LogP contribution < -0.4 is 21.3 Å². The maximum atomic E-state index is 14.5. The first-order valence-corrected chi connectivity index (χ1v) is 10.7. The van der Waals surface area contributed by atoms with Crippen molar-refractivity contribution >= 4 is 34.7 Å². The van der Waals surface area contributed by atoms with E-state index < -0.39 is 13.0 Å². The number of Topliss-reactive ketones (excluding diaryl/α,β-unsaturated/α-hetero) is 1. The molecule has 0 atom stereocenters. The zero-order chi connectivity index (χ0) is 20.7. The van der Waals surface area contributed by atoms with Gasteiger partial charge >= 0.3 is 0 Å². The molecule has 1 amide bonds. The largest absolute Gasteiger partial charge is 0.309 e. The second kappa shape index (κ2) is 9.22. The lowest BCUT2D eigenvalue weighted by Crippen LogP contribution is -2.31. The van der Waals surface area contributed by atoms with E-state index in [-0.39, 0.29) is 17.9 Å². The fourth-order valence-electron chi connectivity index (χ4n) is 2.92. The van der Waals surface area contributed by atoms with E-state index in [0.29, 0.717) is 15.9 Å². The summed E-state index contributed by atoms with van der Waals surface area (Å²) in [5, 5.41) is 8.86. The molecule has 3 aromatic carbocycles. The van der Waals surface area contributed by atoms with Crippen LogP contribution in [0.3, 0.4) is 0 Å². The lowest BCUT2D eigenvalue weighted by molar-refractivity contribution is -0.115. The van der Waals surface area contributed by atoms with Gasteiger partial charge in [0.15, 0.2) is 12.9 Å². The number of carbonyl (C=O) groups excluding carboxylic acids is 2. The third-order valence-electron chi connectivity index (χ3n) is 4.24. The molecular formula is C22H20N3O3P. The molecule has 0 saturated carbocycles. The predicted octanol–water partition coefficient (Wildman–Crippen LogP) is 3.01. The van der Waals surface area contributed by atoms with E-state index in [1.807, 2.05) is 36.4 Å². The number of hydrogen-bond acceptors (Lipinski definition) is 5. The van der Waals surface area contributed by atoms with Crippen molar-refractivity contribution in [3.8, 4) is 0 Å². The van der Waals surface area contributed by atoms with Crippen LogP contribution in [-0.4, -0.2) is 18.2 Å². The van der Waals surface area contributed by atoms with E-state index in [1.54, 1.807) is 48.5 Å². The number of nitrogens with one attached hydrogen (secondary N) is 1. The van der Waals surface area contributed by atoms with E-state index in [4.69, 9.17) is 0 Å². The third kappa shape index (κ3) is 4.55. The Balaban J connectivity index is 2.09. The average molecular weight is 405 g/mol. The summed E-state index contributed by atoms with van der Waals surface area (Å²) in [5.74, 6) is -0.707. The lowest BCUT2D eigenvalue weighted by Gasteiger charge is -2.22. The average Bonchev–Trinajstić information content (AvgIpc) is 2.77. The molecule has 6 nitrogen and oxygen atoms in total. The van der Waals surface area contributed by atoms with Gasteiger partial charge in [0.2, 0.25) is 0 Å². The van der Waals surface area contributed by atoms with Gasteiger partial charge in [-0.1, -0.05) is 84.1 Å². The number of benzene rings is 3. The van der Waals surface area contributed by atoms with Crippen molar-refractivity contribution in [3.63, 3.8) is 0 Å². The van der Waals surface area contributed by atoms with Gasteiger partial charge in [0, 0.05) is 15.9 Å². The van der Waals surface area contributed by atoms with Gasteiger partial charge in [-0.2, -0.15) is 5.11 Å². The molecular weight excluding hydrogens is 385 g/mol. The fourth-order valence-corrected chi connectivity index (χ4v) is 5.77. The van der Waals surface area contributed by atoms with Crippen molar-refractivity contribution in [1.82, 2.24) is 5.43 Å². The van der Waals surface area contributed by atoms with Crippen LogP contribution in [-0.2, 0) is 9.36 Å². The van der Waals surface area contributed by atoms with Crippen LogP contribution in [0.15, 0.2) is 95.3 Å².